The highest BCUT2D eigenvalue weighted by Crippen LogP contribution is 2.17. The van der Waals surface area contributed by atoms with Gasteiger partial charge in [0.1, 0.15) is 0 Å². The van der Waals surface area contributed by atoms with E-state index in [-0.39, 0.29) is 11.7 Å². The van der Waals surface area contributed by atoms with Crippen LogP contribution in [0.5, 0.6) is 0 Å². The molecule has 0 aliphatic heterocycles. The van der Waals surface area contributed by atoms with E-state index in [1.807, 2.05) is 37.3 Å². The third kappa shape index (κ3) is 4.61. The topological polar surface area (TPSA) is 37.3 Å². The zero-order valence-corrected chi connectivity index (χ0v) is 11.4. The lowest BCUT2D eigenvalue weighted by molar-refractivity contribution is 0.0683. The average Bonchev–Trinajstić information content (AvgIpc) is 2.42. The fourth-order valence-electron chi connectivity index (χ4n) is 2.07. The van der Waals surface area contributed by atoms with E-state index in [0.717, 1.165) is 19.3 Å². The molecule has 0 fully saturated rings. The molecule has 0 saturated heterocycles. The van der Waals surface area contributed by atoms with Crippen molar-refractivity contribution in [2.24, 2.45) is 5.92 Å². The number of ketones is 1. The van der Waals surface area contributed by atoms with Gasteiger partial charge in [0.15, 0.2) is 5.78 Å². The smallest absolute Gasteiger partial charge is 0.168 e. The molecule has 0 aromatic heterocycles. The summed E-state index contributed by atoms with van der Waals surface area (Å²) in [6.45, 7) is 3.98. The highest BCUT2D eigenvalue weighted by Gasteiger charge is 2.22. The summed E-state index contributed by atoms with van der Waals surface area (Å²) in [7, 11) is 0. The molecular formula is C16H24O2. The standard InChI is InChI=1S/C16H24O2/c1-3-4-5-9-12-15(17)13(2)16(18)14-10-7-6-8-11-14/h6-8,10-11,13,15,17H,3-5,9,12H2,1-2H3/t13-,15?/m1/s1. The first-order valence-electron chi connectivity index (χ1n) is 6.94. The molecule has 0 amide bonds. The number of carbonyl (C=O) groups excluding carboxylic acids is 1. The van der Waals surface area contributed by atoms with Crippen LogP contribution < -0.4 is 0 Å². The monoisotopic (exact) mass is 248 g/mol. The lowest BCUT2D eigenvalue weighted by atomic mass is 9.91. The second kappa shape index (κ2) is 8.04. The second-order valence-corrected chi connectivity index (χ2v) is 4.94. The molecule has 1 aromatic carbocycles. The molecule has 0 aliphatic carbocycles. The van der Waals surface area contributed by atoms with Gasteiger partial charge in [-0.2, -0.15) is 0 Å². The van der Waals surface area contributed by atoms with Crippen LogP contribution in [0.15, 0.2) is 30.3 Å². The van der Waals surface area contributed by atoms with Gasteiger partial charge in [0.2, 0.25) is 0 Å². The van der Waals surface area contributed by atoms with E-state index in [1.54, 1.807) is 0 Å². The van der Waals surface area contributed by atoms with Crippen molar-refractivity contribution in [3.63, 3.8) is 0 Å². The molecule has 0 bridgehead atoms. The molecule has 1 unspecified atom stereocenters. The summed E-state index contributed by atoms with van der Waals surface area (Å²) < 4.78 is 0. The highest BCUT2D eigenvalue weighted by atomic mass is 16.3. The molecule has 2 nitrogen and oxygen atoms in total. The number of aliphatic hydroxyl groups is 1. The molecular weight excluding hydrogens is 224 g/mol. The maximum atomic E-state index is 12.1. The zero-order valence-electron chi connectivity index (χ0n) is 11.4. The van der Waals surface area contributed by atoms with Gasteiger partial charge in [0.25, 0.3) is 0 Å². The Balaban J connectivity index is 2.43. The number of rotatable bonds is 8. The summed E-state index contributed by atoms with van der Waals surface area (Å²) in [6.07, 6.45) is 4.73. The van der Waals surface area contributed by atoms with Gasteiger partial charge in [0, 0.05) is 11.5 Å². The van der Waals surface area contributed by atoms with Crippen LogP contribution in [-0.4, -0.2) is 17.0 Å². The minimum absolute atomic E-state index is 0.0404. The lowest BCUT2D eigenvalue weighted by Gasteiger charge is -2.17. The normalized spacial score (nSPS) is 14.2. The van der Waals surface area contributed by atoms with Crippen LogP contribution in [0, 0.1) is 5.92 Å². The van der Waals surface area contributed by atoms with E-state index < -0.39 is 6.10 Å². The first kappa shape index (κ1) is 14.9. The van der Waals surface area contributed by atoms with Crippen LogP contribution in [0.25, 0.3) is 0 Å². The Hall–Kier alpha value is -1.15. The molecule has 0 aliphatic rings. The largest absolute Gasteiger partial charge is 0.392 e. The third-order valence-electron chi connectivity index (χ3n) is 3.40. The van der Waals surface area contributed by atoms with Crippen molar-refractivity contribution in [3.8, 4) is 0 Å². The number of hydrogen-bond acceptors (Lipinski definition) is 2. The predicted molar refractivity (Wildman–Crippen MR) is 74.7 cm³/mol. The lowest BCUT2D eigenvalue weighted by Crippen LogP contribution is -2.25. The maximum Gasteiger partial charge on any atom is 0.168 e. The first-order chi connectivity index (χ1) is 8.66. The first-order valence-corrected chi connectivity index (χ1v) is 6.94. The van der Waals surface area contributed by atoms with Gasteiger partial charge >= 0.3 is 0 Å². The van der Waals surface area contributed by atoms with Gasteiger partial charge in [-0.15, -0.1) is 0 Å². The maximum absolute atomic E-state index is 12.1. The number of unbranched alkanes of at least 4 members (excludes halogenated alkanes) is 3. The quantitative estimate of drug-likeness (QED) is 0.560. The Morgan fingerprint density at radius 3 is 2.44 bits per heavy atom. The fourth-order valence-corrected chi connectivity index (χ4v) is 2.07. The summed E-state index contributed by atoms with van der Waals surface area (Å²) in [5.74, 6) is -0.271. The molecule has 1 N–H and O–H groups in total. The molecule has 0 saturated carbocycles. The van der Waals surface area contributed by atoms with Gasteiger partial charge in [-0.1, -0.05) is 69.9 Å². The third-order valence-corrected chi connectivity index (χ3v) is 3.40. The zero-order chi connectivity index (χ0) is 13.4. The van der Waals surface area contributed by atoms with Crippen molar-refractivity contribution in [2.45, 2.75) is 52.1 Å². The molecule has 0 spiro atoms. The highest BCUT2D eigenvalue weighted by molar-refractivity contribution is 5.97. The van der Waals surface area contributed by atoms with Crippen molar-refractivity contribution < 1.29 is 9.90 Å². The molecule has 2 heteroatoms. The van der Waals surface area contributed by atoms with Crippen molar-refractivity contribution in [1.29, 1.82) is 0 Å². The SMILES string of the molecule is CCCCCCC(O)[C@@H](C)C(=O)c1ccccc1. The van der Waals surface area contributed by atoms with Gasteiger partial charge in [-0.3, -0.25) is 4.79 Å². The van der Waals surface area contributed by atoms with Gasteiger partial charge < -0.3 is 5.11 Å². The molecule has 100 valence electrons. The number of hydrogen-bond donors (Lipinski definition) is 1. The molecule has 1 aromatic rings. The van der Waals surface area contributed by atoms with Gasteiger partial charge in [-0.05, 0) is 6.42 Å². The molecule has 0 heterocycles. The van der Waals surface area contributed by atoms with Crippen molar-refractivity contribution in [2.75, 3.05) is 0 Å². The summed E-state index contributed by atoms with van der Waals surface area (Å²) >= 11 is 0. The molecule has 2 atom stereocenters. The predicted octanol–water partition coefficient (Wildman–Crippen LogP) is 3.84. The minimum atomic E-state index is -0.519. The fraction of sp³-hybridized carbons (Fsp3) is 0.562. The molecule has 1 rings (SSSR count). The van der Waals surface area contributed by atoms with E-state index in [4.69, 9.17) is 0 Å². The van der Waals surface area contributed by atoms with Crippen LogP contribution in [0.4, 0.5) is 0 Å². The average molecular weight is 248 g/mol. The Morgan fingerprint density at radius 2 is 1.83 bits per heavy atom. The minimum Gasteiger partial charge on any atom is -0.392 e. The Kier molecular flexibility index (Phi) is 6.66. The van der Waals surface area contributed by atoms with Gasteiger partial charge in [0.05, 0.1) is 6.10 Å². The number of carbonyl (C=O) groups is 1. The van der Waals surface area contributed by atoms with Crippen LogP contribution in [0.1, 0.15) is 56.3 Å². The van der Waals surface area contributed by atoms with Crippen LogP contribution in [-0.2, 0) is 0 Å². The van der Waals surface area contributed by atoms with E-state index in [1.165, 1.54) is 12.8 Å². The van der Waals surface area contributed by atoms with Crippen LogP contribution in [0.3, 0.4) is 0 Å². The van der Waals surface area contributed by atoms with E-state index >= 15 is 0 Å². The Labute approximate surface area is 110 Å². The Bertz CT molecular complexity index is 345. The molecule has 18 heavy (non-hydrogen) atoms. The van der Waals surface area contributed by atoms with E-state index in [0.29, 0.717) is 5.56 Å². The summed E-state index contributed by atoms with van der Waals surface area (Å²) in [6, 6.07) is 9.22. The van der Waals surface area contributed by atoms with Crippen LogP contribution in [0.2, 0.25) is 0 Å². The second-order valence-electron chi connectivity index (χ2n) is 4.94. The number of aliphatic hydroxyl groups excluding tert-OH is 1. The van der Waals surface area contributed by atoms with E-state index in [2.05, 4.69) is 6.92 Å². The van der Waals surface area contributed by atoms with Crippen molar-refractivity contribution >= 4 is 5.78 Å². The van der Waals surface area contributed by atoms with Crippen molar-refractivity contribution in [1.82, 2.24) is 0 Å². The van der Waals surface area contributed by atoms with Crippen molar-refractivity contribution in [3.05, 3.63) is 35.9 Å². The summed E-state index contributed by atoms with van der Waals surface area (Å²) in [5.41, 5.74) is 0.692. The Morgan fingerprint density at radius 1 is 1.17 bits per heavy atom. The number of Topliss-reactive ketones (excluding diaryl/α,β-unsaturated/α-hetero) is 1. The van der Waals surface area contributed by atoms with E-state index in [9.17, 15) is 9.90 Å². The van der Waals surface area contributed by atoms with Crippen LogP contribution >= 0.6 is 0 Å². The number of benzene rings is 1. The summed E-state index contributed by atoms with van der Waals surface area (Å²) in [5, 5.41) is 10.0. The molecule has 0 radical (unpaired) electrons. The van der Waals surface area contributed by atoms with Gasteiger partial charge in [-0.25, -0.2) is 0 Å². The summed E-state index contributed by atoms with van der Waals surface area (Å²) in [4.78, 5) is 12.1.